The molecule has 4 heterocycles. The maximum atomic E-state index is 12.9. The zero-order valence-corrected chi connectivity index (χ0v) is 19.7. The Morgan fingerprint density at radius 3 is 2.60 bits per heavy atom. The number of pyridine rings is 1. The molecular formula is C27H29N7O. The van der Waals surface area contributed by atoms with Crippen LogP contribution in [0.15, 0.2) is 55.0 Å². The average Bonchev–Trinajstić information content (AvgIpc) is 3.66. The summed E-state index contributed by atoms with van der Waals surface area (Å²) in [5.41, 5.74) is 10.6. The molecule has 2 fully saturated rings. The number of fused-ring (bicyclic) bond motifs is 1. The Kier molecular flexibility index (Phi) is 5.45. The predicted octanol–water partition coefficient (Wildman–Crippen LogP) is 4.36. The Morgan fingerprint density at radius 1 is 1.06 bits per heavy atom. The number of nitrogens with one attached hydrogen (secondary N) is 2. The second kappa shape index (κ2) is 8.78. The van der Waals surface area contributed by atoms with Gasteiger partial charge >= 0.3 is 0 Å². The van der Waals surface area contributed by atoms with Gasteiger partial charge in [0, 0.05) is 48.2 Å². The molecule has 8 nitrogen and oxygen atoms in total. The fourth-order valence-electron chi connectivity index (χ4n) is 4.95. The van der Waals surface area contributed by atoms with Crippen molar-refractivity contribution in [2.24, 2.45) is 0 Å². The van der Waals surface area contributed by atoms with Crippen LogP contribution in [0.1, 0.15) is 66.2 Å². The van der Waals surface area contributed by atoms with Crippen LogP contribution < -0.4 is 16.4 Å². The van der Waals surface area contributed by atoms with Crippen molar-refractivity contribution in [2.75, 3.05) is 17.6 Å². The van der Waals surface area contributed by atoms with Gasteiger partial charge in [-0.25, -0.2) is 15.0 Å². The molecule has 3 aromatic heterocycles. The molecule has 0 bridgehead atoms. The Morgan fingerprint density at radius 2 is 1.86 bits per heavy atom. The number of nitrogens with zero attached hydrogens (tertiary/aromatic N) is 4. The van der Waals surface area contributed by atoms with Crippen molar-refractivity contribution in [3.05, 3.63) is 71.9 Å². The van der Waals surface area contributed by atoms with Crippen LogP contribution in [0.3, 0.4) is 0 Å². The number of anilines is 2. The number of benzene rings is 1. The number of amides is 1. The van der Waals surface area contributed by atoms with E-state index < -0.39 is 0 Å². The standard InChI is InChI=1S/C27H29N7O/c1-16-2-3-21(15-31-16)26-33-23(24-25(28)30-12-13-34(24)26)18-6-8-19(9-7-18)27(35)32-22-14-20(10-11-29-22)17-4-5-17/h6-14,16-17,21,31H,2-5,15H2,1H3,(H2,28,30)(H,29,32,35)/t16-,21?/m1/s1. The van der Waals surface area contributed by atoms with Crippen LogP contribution in [-0.4, -0.2) is 37.8 Å². The molecule has 1 aliphatic heterocycles. The number of hydrogen-bond acceptors (Lipinski definition) is 6. The summed E-state index contributed by atoms with van der Waals surface area (Å²) in [6.07, 6.45) is 10.0. The average molecular weight is 468 g/mol. The van der Waals surface area contributed by atoms with E-state index in [1.165, 1.54) is 18.4 Å². The molecule has 1 aromatic carbocycles. The highest BCUT2D eigenvalue weighted by Crippen LogP contribution is 2.40. The van der Waals surface area contributed by atoms with Crippen molar-refractivity contribution in [1.29, 1.82) is 0 Å². The van der Waals surface area contributed by atoms with E-state index in [9.17, 15) is 4.79 Å². The van der Waals surface area contributed by atoms with Gasteiger partial charge < -0.3 is 16.4 Å². The second-order valence-corrected chi connectivity index (χ2v) is 9.71. The molecule has 1 saturated heterocycles. The topological polar surface area (TPSA) is 110 Å². The fourth-order valence-corrected chi connectivity index (χ4v) is 4.95. The minimum absolute atomic E-state index is 0.184. The van der Waals surface area contributed by atoms with E-state index in [1.807, 2.05) is 42.6 Å². The van der Waals surface area contributed by atoms with Crippen molar-refractivity contribution in [3.8, 4) is 11.3 Å². The van der Waals surface area contributed by atoms with Gasteiger partial charge in [-0.15, -0.1) is 0 Å². The van der Waals surface area contributed by atoms with Gasteiger partial charge in [-0.1, -0.05) is 12.1 Å². The molecule has 2 aliphatic rings. The zero-order chi connectivity index (χ0) is 23.9. The van der Waals surface area contributed by atoms with Crippen LogP contribution >= 0.6 is 0 Å². The number of hydrogen-bond donors (Lipinski definition) is 3. The summed E-state index contributed by atoms with van der Waals surface area (Å²) in [4.78, 5) is 26.5. The van der Waals surface area contributed by atoms with Gasteiger partial charge in [-0.2, -0.15) is 0 Å². The van der Waals surface area contributed by atoms with Gasteiger partial charge in [0.15, 0.2) is 0 Å². The van der Waals surface area contributed by atoms with E-state index in [0.29, 0.717) is 35.1 Å². The molecule has 0 radical (unpaired) electrons. The predicted molar refractivity (Wildman–Crippen MR) is 136 cm³/mol. The molecule has 35 heavy (non-hydrogen) atoms. The first kappa shape index (κ1) is 21.7. The molecule has 178 valence electrons. The number of carbonyl (C=O) groups is 1. The van der Waals surface area contributed by atoms with Gasteiger partial charge in [0.05, 0.1) is 0 Å². The molecule has 1 saturated carbocycles. The van der Waals surface area contributed by atoms with Crippen LogP contribution in [0, 0.1) is 0 Å². The van der Waals surface area contributed by atoms with Crippen LogP contribution in [0.4, 0.5) is 11.6 Å². The Bertz CT molecular complexity index is 1380. The molecular weight excluding hydrogens is 438 g/mol. The molecule has 4 aromatic rings. The summed E-state index contributed by atoms with van der Waals surface area (Å²) in [7, 11) is 0. The lowest BCUT2D eigenvalue weighted by molar-refractivity contribution is 0.102. The quantitative estimate of drug-likeness (QED) is 0.402. The minimum atomic E-state index is -0.184. The van der Waals surface area contributed by atoms with E-state index >= 15 is 0 Å². The van der Waals surface area contributed by atoms with Gasteiger partial charge in [0.25, 0.3) is 5.91 Å². The van der Waals surface area contributed by atoms with E-state index in [2.05, 4.69) is 31.9 Å². The van der Waals surface area contributed by atoms with E-state index in [-0.39, 0.29) is 5.91 Å². The van der Waals surface area contributed by atoms with Crippen molar-refractivity contribution in [2.45, 2.75) is 50.5 Å². The molecule has 1 unspecified atom stereocenters. The molecule has 8 heteroatoms. The highest BCUT2D eigenvalue weighted by atomic mass is 16.1. The van der Waals surface area contributed by atoms with Crippen LogP contribution in [0.25, 0.3) is 16.8 Å². The van der Waals surface area contributed by atoms with Gasteiger partial charge in [-0.05, 0) is 68.4 Å². The molecule has 2 atom stereocenters. The third-order valence-electron chi connectivity index (χ3n) is 7.13. The third-order valence-corrected chi connectivity index (χ3v) is 7.13. The zero-order valence-electron chi connectivity index (χ0n) is 19.7. The summed E-state index contributed by atoms with van der Waals surface area (Å²) in [6, 6.07) is 12.0. The number of aromatic nitrogens is 4. The number of nitrogens with two attached hydrogens (primary N) is 1. The molecule has 4 N–H and O–H groups in total. The van der Waals surface area contributed by atoms with Crippen LogP contribution in [-0.2, 0) is 0 Å². The normalized spacial score (nSPS) is 20.1. The van der Waals surface area contributed by atoms with Gasteiger partial charge in [0.2, 0.25) is 0 Å². The van der Waals surface area contributed by atoms with Crippen molar-refractivity contribution >= 4 is 23.1 Å². The number of carbonyl (C=O) groups excluding carboxylic acids is 1. The molecule has 1 amide bonds. The Hall–Kier alpha value is -3.78. The lowest BCUT2D eigenvalue weighted by Crippen LogP contribution is -2.36. The highest BCUT2D eigenvalue weighted by Gasteiger charge is 2.26. The largest absolute Gasteiger partial charge is 0.382 e. The number of rotatable bonds is 5. The summed E-state index contributed by atoms with van der Waals surface area (Å²) < 4.78 is 2.07. The Balaban J connectivity index is 1.28. The minimum Gasteiger partial charge on any atom is -0.382 e. The number of piperidine rings is 1. The smallest absolute Gasteiger partial charge is 0.256 e. The van der Waals surface area contributed by atoms with Crippen molar-refractivity contribution in [1.82, 2.24) is 24.7 Å². The lowest BCUT2D eigenvalue weighted by Gasteiger charge is -2.26. The van der Waals surface area contributed by atoms with Crippen LogP contribution in [0.2, 0.25) is 0 Å². The monoisotopic (exact) mass is 467 g/mol. The SMILES string of the molecule is C[C@@H]1CCC(c2nc(-c3ccc(C(=O)Nc4cc(C5CC5)ccn4)cc3)c3c(N)nccn23)CN1. The highest BCUT2D eigenvalue weighted by molar-refractivity contribution is 6.04. The summed E-state index contributed by atoms with van der Waals surface area (Å²) >= 11 is 0. The van der Waals surface area contributed by atoms with E-state index in [1.54, 1.807) is 12.4 Å². The lowest BCUT2D eigenvalue weighted by atomic mass is 9.95. The summed E-state index contributed by atoms with van der Waals surface area (Å²) in [6.45, 7) is 3.10. The third kappa shape index (κ3) is 4.25. The van der Waals surface area contributed by atoms with Crippen molar-refractivity contribution < 1.29 is 4.79 Å². The van der Waals surface area contributed by atoms with Gasteiger partial charge in [-0.3, -0.25) is 9.20 Å². The summed E-state index contributed by atoms with van der Waals surface area (Å²) in [5.74, 6) is 2.75. The first-order valence-corrected chi connectivity index (χ1v) is 12.3. The molecule has 0 spiro atoms. The Labute approximate surface area is 204 Å². The first-order chi connectivity index (χ1) is 17.1. The number of nitrogen functional groups attached to an aromatic ring is 1. The second-order valence-electron chi connectivity index (χ2n) is 9.71. The van der Waals surface area contributed by atoms with Crippen LogP contribution in [0.5, 0.6) is 0 Å². The van der Waals surface area contributed by atoms with E-state index in [0.717, 1.165) is 42.0 Å². The number of imidazole rings is 1. The molecule has 1 aliphatic carbocycles. The van der Waals surface area contributed by atoms with Gasteiger partial charge in [0.1, 0.15) is 28.7 Å². The van der Waals surface area contributed by atoms with E-state index in [4.69, 9.17) is 10.7 Å². The maximum absolute atomic E-state index is 12.9. The fraction of sp³-hybridized carbons (Fsp3) is 0.333. The maximum Gasteiger partial charge on any atom is 0.256 e. The summed E-state index contributed by atoms with van der Waals surface area (Å²) in [5, 5.41) is 6.49. The molecule has 6 rings (SSSR count). The van der Waals surface area contributed by atoms with Crippen molar-refractivity contribution in [3.63, 3.8) is 0 Å². The first-order valence-electron chi connectivity index (χ1n) is 12.3.